The quantitative estimate of drug-likeness (QED) is 0.722. The number of hydrogen-bond donors (Lipinski definition) is 3. The van der Waals surface area contributed by atoms with E-state index >= 15 is 0 Å². The molecule has 7 heteroatoms. The number of nitrogens with two attached hydrogens (primary N) is 2. The smallest absolute Gasteiger partial charge is 0.252 e. The lowest BCUT2D eigenvalue weighted by Crippen LogP contribution is -2.12. The van der Waals surface area contributed by atoms with Gasteiger partial charge in [0.2, 0.25) is 10.0 Å². The molecule has 0 atom stereocenters. The topological polar surface area (TPSA) is 123 Å². The molecule has 94 valence electrons. The third-order valence-corrected chi connectivity index (χ3v) is 3.43. The zero-order valence-electron chi connectivity index (χ0n) is 9.12. The highest BCUT2D eigenvalue weighted by Crippen LogP contribution is 2.26. The Hall–Kier alpha value is -2.12. The van der Waals surface area contributed by atoms with Crippen molar-refractivity contribution in [3.05, 3.63) is 35.9 Å². The maximum atomic E-state index is 11.2. The van der Waals surface area contributed by atoms with Crippen LogP contribution in [0.25, 0.3) is 10.8 Å². The number of carbonyl (C=O) groups excluding carboxylic acids is 1. The van der Waals surface area contributed by atoms with Crippen LogP contribution in [0, 0.1) is 0 Å². The predicted octanol–water partition coefficient (Wildman–Crippen LogP) is 0.292. The Morgan fingerprint density at radius 2 is 1.78 bits per heavy atom. The summed E-state index contributed by atoms with van der Waals surface area (Å²) in [5.74, 6) is -1.05. The van der Waals surface area contributed by atoms with Crippen LogP contribution in [0.3, 0.4) is 0 Å². The van der Waals surface area contributed by atoms with Gasteiger partial charge in [0.1, 0.15) is 5.75 Å². The van der Waals surface area contributed by atoms with E-state index in [2.05, 4.69) is 0 Å². The molecular formula is C11H10N2O4S. The normalized spacial score (nSPS) is 11.6. The largest absolute Gasteiger partial charge is 0.507 e. The molecule has 0 saturated heterocycles. The molecule has 0 spiro atoms. The molecule has 0 saturated carbocycles. The lowest BCUT2D eigenvalue weighted by molar-refractivity contribution is 0.0998. The maximum absolute atomic E-state index is 11.2. The molecule has 0 aromatic heterocycles. The van der Waals surface area contributed by atoms with Crippen LogP contribution < -0.4 is 10.9 Å². The number of carbonyl (C=O) groups is 1. The molecule has 2 aromatic carbocycles. The van der Waals surface area contributed by atoms with Gasteiger partial charge in [0.25, 0.3) is 5.91 Å². The van der Waals surface area contributed by atoms with Gasteiger partial charge in [-0.05, 0) is 35.0 Å². The Bertz CT molecular complexity index is 753. The first-order valence-corrected chi connectivity index (χ1v) is 6.43. The molecular weight excluding hydrogens is 256 g/mol. The molecule has 0 bridgehead atoms. The Balaban J connectivity index is 2.77. The zero-order chi connectivity index (χ0) is 13.5. The summed E-state index contributed by atoms with van der Waals surface area (Å²) in [4.78, 5) is 11.0. The number of phenols is 1. The van der Waals surface area contributed by atoms with E-state index in [-0.39, 0.29) is 16.2 Å². The van der Waals surface area contributed by atoms with Crippen molar-refractivity contribution in [2.75, 3.05) is 0 Å². The third-order valence-electron chi connectivity index (χ3n) is 2.52. The number of fused-ring (bicyclic) bond motifs is 1. The van der Waals surface area contributed by atoms with Crippen LogP contribution in [0.5, 0.6) is 5.75 Å². The second kappa shape index (κ2) is 3.97. The number of benzene rings is 2. The first-order valence-electron chi connectivity index (χ1n) is 4.88. The van der Waals surface area contributed by atoms with Gasteiger partial charge >= 0.3 is 0 Å². The minimum absolute atomic E-state index is 0.0730. The van der Waals surface area contributed by atoms with E-state index in [4.69, 9.17) is 10.9 Å². The zero-order valence-corrected chi connectivity index (χ0v) is 9.94. The lowest BCUT2D eigenvalue weighted by Gasteiger charge is -2.05. The van der Waals surface area contributed by atoms with Gasteiger partial charge in [-0.25, -0.2) is 13.6 Å². The molecule has 2 rings (SSSR count). The van der Waals surface area contributed by atoms with Crippen LogP contribution in [0.2, 0.25) is 0 Å². The molecule has 0 aliphatic heterocycles. The maximum Gasteiger partial charge on any atom is 0.252 e. The molecule has 0 aliphatic carbocycles. The molecule has 0 unspecified atom stereocenters. The van der Waals surface area contributed by atoms with Crippen molar-refractivity contribution in [3.63, 3.8) is 0 Å². The molecule has 5 N–H and O–H groups in total. The Labute approximate surface area is 103 Å². The number of aromatic hydroxyl groups is 1. The minimum atomic E-state index is -3.82. The van der Waals surface area contributed by atoms with E-state index in [1.54, 1.807) is 0 Å². The van der Waals surface area contributed by atoms with Gasteiger partial charge < -0.3 is 10.8 Å². The first kappa shape index (κ1) is 12.3. The SMILES string of the molecule is NC(=O)c1cc2cc(S(N)(=O)=O)ccc2cc1O. The minimum Gasteiger partial charge on any atom is -0.507 e. The third kappa shape index (κ3) is 2.13. The van der Waals surface area contributed by atoms with E-state index in [0.29, 0.717) is 10.8 Å². The average Bonchev–Trinajstić information content (AvgIpc) is 2.25. The highest BCUT2D eigenvalue weighted by atomic mass is 32.2. The van der Waals surface area contributed by atoms with Crippen LogP contribution in [-0.2, 0) is 10.0 Å². The number of amides is 1. The van der Waals surface area contributed by atoms with Crippen molar-refractivity contribution in [2.45, 2.75) is 4.90 Å². The van der Waals surface area contributed by atoms with Gasteiger partial charge in [0, 0.05) is 0 Å². The summed E-state index contributed by atoms with van der Waals surface area (Å²) in [6.45, 7) is 0. The number of primary sulfonamides is 1. The summed E-state index contributed by atoms with van der Waals surface area (Å²) in [6.07, 6.45) is 0. The highest BCUT2D eigenvalue weighted by molar-refractivity contribution is 7.89. The van der Waals surface area contributed by atoms with Crippen molar-refractivity contribution in [1.29, 1.82) is 0 Å². The molecule has 2 aromatic rings. The Kier molecular flexibility index (Phi) is 2.72. The Morgan fingerprint density at radius 3 is 2.33 bits per heavy atom. The summed E-state index contributed by atoms with van der Waals surface area (Å²) in [6, 6.07) is 6.78. The molecule has 6 nitrogen and oxygen atoms in total. The summed E-state index contributed by atoms with van der Waals surface area (Å²) in [5.41, 5.74) is 5.01. The average molecular weight is 266 g/mol. The fraction of sp³-hybridized carbons (Fsp3) is 0. The molecule has 0 aliphatic rings. The number of sulfonamides is 1. The van der Waals surface area contributed by atoms with Gasteiger partial charge in [-0.1, -0.05) is 6.07 Å². The van der Waals surface area contributed by atoms with Crippen LogP contribution in [0.15, 0.2) is 35.2 Å². The lowest BCUT2D eigenvalue weighted by atomic mass is 10.1. The molecule has 1 amide bonds. The van der Waals surface area contributed by atoms with Gasteiger partial charge in [-0.3, -0.25) is 4.79 Å². The fourth-order valence-electron chi connectivity index (χ4n) is 1.64. The van der Waals surface area contributed by atoms with Crippen LogP contribution in [0.1, 0.15) is 10.4 Å². The van der Waals surface area contributed by atoms with E-state index in [0.717, 1.165) is 0 Å². The molecule has 0 heterocycles. The molecule has 0 radical (unpaired) electrons. The Morgan fingerprint density at radius 1 is 1.11 bits per heavy atom. The monoisotopic (exact) mass is 266 g/mol. The van der Waals surface area contributed by atoms with Crippen molar-refractivity contribution in [3.8, 4) is 5.75 Å². The first-order chi connectivity index (χ1) is 8.29. The van der Waals surface area contributed by atoms with Gasteiger partial charge in [-0.2, -0.15) is 0 Å². The van der Waals surface area contributed by atoms with Gasteiger partial charge in [0.15, 0.2) is 0 Å². The second-order valence-corrected chi connectivity index (χ2v) is 5.35. The number of primary amides is 1. The van der Waals surface area contributed by atoms with Gasteiger partial charge in [-0.15, -0.1) is 0 Å². The van der Waals surface area contributed by atoms with Crippen LogP contribution in [0.4, 0.5) is 0 Å². The van der Waals surface area contributed by atoms with Crippen molar-refractivity contribution >= 4 is 26.7 Å². The summed E-state index contributed by atoms with van der Waals surface area (Å²) < 4.78 is 22.4. The van der Waals surface area contributed by atoms with Crippen molar-refractivity contribution in [2.24, 2.45) is 10.9 Å². The van der Waals surface area contributed by atoms with E-state index < -0.39 is 15.9 Å². The highest BCUT2D eigenvalue weighted by Gasteiger charge is 2.12. The number of hydrogen-bond acceptors (Lipinski definition) is 4. The summed E-state index contributed by atoms with van der Waals surface area (Å²) in [5, 5.41) is 15.6. The predicted molar refractivity (Wildman–Crippen MR) is 65.5 cm³/mol. The van der Waals surface area contributed by atoms with Crippen molar-refractivity contribution < 1.29 is 18.3 Å². The van der Waals surface area contributed by atoms with E-state index in [1.807, 2.05) is 0 Å². The number of rotatable bonds is 2. The summed E-state index contributed by atoms with van der Waals surface area (Å²) >= 11 is 0. The molecule has 18 heavy (non-hydrogen) atoms. The van der Waals surface area contributed by atoms with E-state index in [1.165, 1.54) is 30.3 Å². The standard InChI is InChI=1S/C11H10N2O4S/c12-11(15)9-4-7-3-8(18(13,16)17)2-1-6(7)5-10(9)14/h1-5,14H,(H2,12,15)(H2,13,16,17). The summed E-state index contributed by atoms with van der Waals surface area (Å²) in [7, 11) is -3.82. The van der Waals surface area contributed by atoms with Crippen LogP contribution in [-0.4, -0.2) is 19.4 Å². The second-order valence-electron chi connectivity index (χ2n) is 3.79. The van der Waals surface area contributed by atoms with E-state index in [9.17, 15) is 18.3 Å². The molecule has 0 fully saturated rings. The fourth-order valence-corrected chi connectivity index (χ4v) is 2.19. The van der Waals surface area contributed by atoms with Gasteiger partial charge in [0.05, 0.1) is 10.5 Å². The van der Waals surface area contributed by atoms with Crippen molar-refractivity contribution in [1.82, 2.24) is 0 Å². The van der Waals surface area contributed by atoms with Crippen LogP contribution >= 0.6 is 0 Å².